The monoisotopic (exact) mass is 989 g/mol. The van der Waals surface area contributed by atoms with Gasteiger partial charge in [0.1, 0.15) is 13.2 Å². The maximum absolute atomic E-state index is 12.9. The van der Waals surface area contributed by atoms with E-state index < -0.39 is 6.10 Å². The molecule has 0 aliphatic rings. The van der Waals surface area contributed by atoms with Gasteiger partial charge in [0.05, 0.1) is 0 Å². The molecule has 0 aromatic heterocycles. The molecule has 6 nitrogen and oxygen atoms in total. The lowest BCUT2D eigenvalue weighted by atomic mass is 10.1. The van der Waals surface area contributed by atoms with Gasteiger partial charge in [-0.15, -0.1) is 0 Å². The highest BCUT2D eigenvalue weighted by Crippen LogP contribution is 2.15. The molecular weight excluding hydrogens is 877 g/mol. The number of carbonyl (C=O) groups excluding carboxylic acids is 3. The molecule has 408 valence electrons. The average Bonchev–Trinajstić information content (AvgIpc) is 3.37. The molecule has 6 heteroatoms. The second-order valence-corrected chi connectivity index (χ2v) is 19.9. The van der Waals surface area contributed by atoms with E-state index in [1.54, 1.807) is 0 Å². The Hall–Kier alpha value is -3.41. The summed E-state index contributed by atoms with van der Waals surface area (Å²) in [6.07, 6.45) is 77.1. The Bertz CT molecular complexity index is 1370. The van der Waals surface area contributed by atoms with Gasteiger partial charge in [0.25, 0.3) is 0 Å². The van der Waals surface area contributed by atoms with Gasteiger partial charge in [0.15, 0.2) is 6.10 Å². The number of hydrogen-bond acceptors (Lipinski definition) is 6. The van der Waals surface area contributed by atoms with Crippen molar-refractivity contribution in [1.82, 2.24) is 0 Å². The summed E-state index contributed by atoms with van der Waals surface area (Å²) < 4.78 is 16.9. The molecule has 0 saturated heterocycles. The maximum Gasteiger partial charge on any atom is 0.306 e. The zero-order chi connectivity index (χ0) is 51.4. The fourth-order valence-electron chi connectivity index (χ4n) is 8.34. The van der Waals surface area contributed by atoms with E-state index in [9.17, 15) is 14.4 Å². The van der Waals surface area contributed by atoms with Gasteiger partial charge < -0.3 is 14.2 Å². The number of ether oxygens (including phenoxy) is 3. The molecule has 0 heterocycles. The largest absolute Gasteiger partial charge is 0.462 e. The van der Waals surface area contributed by atoms with Gasteiger partial charge in [0, 0.05) is 19.3 Å². The van der Waals surface area contributed by atoms with E-state index in [2.05, 4.69) is 106 Å². The molecule has 0 radical (unpaired) electrons. The van der Waals surface area contributed by atoms with Crippen LogP contribution in [0.4, 0.5) is 0 Å². The van der Waals surface area contributed by atoms with E-state index in [4.69, 9.17) is 14.2 Å². The first-order chi connectivity index (χ1) is 35.0. The second kappa shape index (κ2) is 59.2. The number of carbonyl (C=O) groups is 3. The third kappa shape index (κ3) is 57.4. The molecule has 0 aromatic carbocycles. The van der Waals surface area contributed by atoms with Crippen molar-refractivity contribution < 1.29 is 28.6 Å². The molecular formula is C65H112O6. The van der Waals surface area contributed by atoms with E-state index in [0.29, 0.717) is 19.3 Å². The summed E-state index contributed by atoms with van der Waals surface area (Å²) in [4.78, 5) is 38.2. The predicted molar refractivity (Wildman–Crippen MR) is 307 cm³/mol. The SMILES string of the molecule is CC/C=C\C/C=C\C/C=C\C/C=C\CCCCCCCCCCC(=O)OCC(COC(=O)CCCCCCC/C=C\CCCCCCCC)OC(=O)CCCCCCCCC/C=C\C/C=C\CCCCC. The van der Waals surface area contributed by atoms with Crippen molar-refractivity contribution in [1.29, 1.82) is 0 Å². The molecule has 71 heavy (non-hydrogen) atoms. The average molecular weight is 990 g/mol. The van der Waals surface area contributed by atoms with E-state index >= 15 is 0 Å². The molecule has 0 bridgehead atoms. The summed E-state index contributed by atoms with van der Waals surface area (Å²) >= 11 is 0. The number of rotatable bonds is 54. The molecule has 1 atom stereocenters. The van der Waals surface area contributed by atoms with Gasteiger partial charge in [-0.1, -0.05) is 241 Å². The normalized spacial score (nSPS) is 12.7. The Morgan fingerprint density at radius 1 is 0.296 bits per heavy atom. The molecule has 0 amide bonds. The van der Waals surface area contributed by atoms with Crippen LogP contribution in [0.3, 0.4) is 0 Å². The summed E-state index contributed by atoms with van der Waals surface area (Å²) in [5.41, 5.74) is 0. The summed E-state index contributed by atoms with van der Waals surface area (Å²) in [7, 11) is 0. The Morgan fingerprint density at radius 2 is 0.549 bits per heavy atom. The molecule has 0 rings (SSSR count). The van der Waals surface area contributed by atoms with Crippen LogP contribution in [0.5, 0.6) is 0 Å². The van der Waals surface area contributed by atoms with Crippen molar-refractivity contribution in [2.75, 3.05) is 13.2 Å². The molecule has 0 aliphatic heterocycles. The van der Waals surface area contributed by atoms with Crippen LogP contribution in [0.25, 0.3) is 0 Å². The van der Waals surface area contributed by atoms with Crippen molar-refractivity contribution in [3.8, 4) is 0 Å². The molecule has 0 aliphatic carbocycles. The van der Waals surface area contributed by atoms with Crippen LogP contribution in [-0.2, 0) is 28.6 Å². The minimum atomic E-state index is -0.789. The molecule has 0 N–H and O–H groups in total. The summed E-state index contributed by atoms with van der Waals surface area (Å²) in [5, 5.41) is 0. The highest BCUT2D eigenvalue weighted by atomic mass is 16.6. The van der Waals surface area contributed by atoms with E-state index in [0.717, 1.165) is 109 Å². The van der Waals surface area contributed by atoms with Crippen LogP contribution >= 0.6 is 0 Å². The fraction of sp³-hybridized carbons (Fsp3) is 0.738. The molecule has 0 saturated carbocycles. The van der Waals surface area contributed by atoms with Crippen molar-refractivity contribution in [3.63, 3.8) is 0 Å². The van der Waals surface area contributed by atoms with E-state index in [1.807, 2.05) is 0 Å². The topological polar surface area (TPSA) is 78.9 Å². The lowest BCUT2D eigenvalue weighted by Crippen LogP contribution is -2.30. The van der Waals surface area contributed by atoms with Crippen LogP contribution < -0.4 is 0 Å². The first-order valence-electron chi connectivity index (χ1n) is 30.1. The predicted octanol–water partition coefficient (Wildman–Crippen LogP) is 20.3. The zero-order valence-corrected chi connectivity index (χ0v) is 46.7. The molecule has 0 spiro atoms. The molecule has 0 fully saturated rings. The summed E-state index contributed by atoms with van der Waals surface area (Å²) in [6.45, 7) is 6.50. The van der Waals surface area contributed by atoms with Crippen LogP contribution in [0.2, 0.25) is 0 Å². The van der Waals surface area contributed by atoms with Crippen LogP contribution in [0, 0.1) is 0 Å². The van der Waals surface area contributed by atoms with Crippen molar-refractivity contribution >= 4 is 17.9 Å². The first kappa shape index (κ1) is 67.6. The fourth-order valence-corrected chi connectivity index (χ4v) is 8.34. The minimum absolute atomic E-state index is 0.0860. The highest BCUT2D eigenvalue weighted by molar-refractivity contribution is 5.71. The second-order valence-electron chi connectivity index (χ2n) is 19.9. The molecule has 1 unspecified atom stereocenters. The van der Waals surface area contributed by atoms with Gasteiger partial charge in [-0.3, -0.25) is 14.4 Å². The van der Waals surface area contributed by atoms with Crippen LogP contribution in [0.15, 0.2) is 85.1 Å². The van der Waals surface area contributed by atoms with Gasteiger partial charge in [-0.25, -0.2) is 0 Å². The van der Waals surface area contributed by atoms with E-state index in [-0.39, 0.29) is 31.1 Å². The van der Waals surface area contributed by atoms with E-state index in [1.165, 1.54) is 141 Å². The standard InChI is InChI=1S/C65H112O6/c1-4-7-10-13-16-19-22-25-28-30-31-32-33-35-37-40-43-46-49-52-55-58-64(67)70-61-62(60-69-63(66)57-54-51-48-45-42-39-36-27-24-21-18-15-12-9-6-3)71-65(68)59-56-53-50-47-44-41-38-34-29-26-23-20-17-14-11-8-5-2/h7,10,16-17,19-20,25-29,31-32,36,62H,4-6,8-9,11-15,18,21-24,30,33-35,37-61H2,1-3H3/b10-7-,19-16-,20-17-,28-25-,29-26-,32-31-,36-27-. The van der Waals surface area contributed by atoms with Gasteiger partial charge in [0.2, 0.25) is 0 Å². The number of unbranched alkanes of at least 4 members (excludes halogenated alkanes) is 29. The molecule has 0 aromatic rings. The first-order valence-corrected chi connectivity index (χ1v) is 30.1. The Morgan fingerprint density at radius 3 is 0.901 bits per heavy atom. The Balaban J connectivity index is 4.40. The third-order valence-corrected chi connectivity index (χ3v) is 12.9. The lowest BCUT2D eigenvalue weighted by molar-refractivity contribution is -0.167. The smallest absolute Gasteiger partial charge is 0.306 e. The van der Waals surface area contributed by atoms with Crippen molar-refractivity contribution in [2.24, 2.45) is 0 Å². The Kier molecular flexibility index (Phi) is 56.3. The number of hydrogen-bond donors (Lipinski definition) is 0. The Labute approximate surface area is 439 Å². The highest BCUT2D eigenvalue weighted by Gasteiger charge is 2.19. The third-order valence-electron chi connectivity index (χ3n) is 12.9. The quantitative estimate of drug-likeness (QED) is 0.0261. The zero-order valence-electron chi connectivity index (χ0n) is 46.7. The summed E-state index contributed by atoms with van der Waals surface area (Å²) in [5.74, 6) is -0.901. The van der Waals surface area contributed by atoms with Gasteiger partial charge in [-0.2, -0.15) is 0 Å². The summed E-state index contributed by atoms with van der Waals surface area (Å²) in [6, 6.07) is 0. The number of esters is 3. The van der Waals surface area contributed by atoms with Crippen molar-refractivity contribution in [2.45, 2.75) is 297 Å². The minimum Gasteiger partial charge on any atom is -0.462 e. The van der Waals surface area contributed by atoms with Gasteiger partial charge >= 0.3 is 17.9 Å². The van der Waals surface area contributed by atoms with Crippen LogP contribution in [-0.4, -0.2) is 37.2 Å². The van der Waals surface area contributed by atoms with Crippen LogP contribution in [0.1, 0.15) is 290 Å². The lowest BCUT2D eigenvalue weighted by Gasteiger charge is -2.18. The van der Waals surface area contributed by atoms with Gasteiger partial charge in [-0.05, 0) is 116 Å². The maximum atomic E-state index is 12.9. The number of allylic oxidation sites excluding steroid dienone is 14. The van der Waals surface area contributed by atoms with Crippen molar-refractivity contribution in [3.05, 3.63) is 85.1 Å².